The van der Waals surface area contributed by atoms with Gasteiger partial charge in [0.25, 0.3) is 0 Å². The van der Waals surface area contributed by atoms with Gasteiger partial charge in [-0.3, -0.25) is 14.6 Å². The predicted octanol–water partition coefficient (Wildman–Crippen LogP) is 4.20. The molecule has 0 radical (unpaired) electrons. The molecule has 3 N–H and O–H groups in total. The van der Waals surface area contributed by atoms with Gasteiger partial charge < -0.3 is 20.4 Å². The summed E-state index contributed by atoms with van der Waals surface area (Å²) in [6, 6.07) is 16.1. The number of rotatable bonds is 5. The van der Waals surface area contributed by atoms with E-state index in [2.05, 4.69) is 9.97 Å². The molecule has 8 nitrogen and oxygen atoms in total. The predicted molar refractivity (Wildman–Crippen MR) is 124 cm³/mol. The summed E-state index contributed by atoms with van der Waals surface area (Å²) in [7, 11) is 0. The third-order valence-corrected chi connectivity index (χ3v) is 5.90. The number of fused-ring (bicyclic) bond motifs is 1. The number of carbonyl (C=O) groups is 2. The van der Waals surface area contributed by atoms with E-state index in [-0.39, 0.29) is 11.9 Å². The van der Waals surface area contributed by atoms with Gasteiger partial charge in [-0.1, -0.05) is 6.07 Å². The van der Waals surface area contributed by atoms with Crippen LogP contribution in [0.3, 0.4) is 0 Å². The van der Waals surface area contributed by atoms with Crippen molar-refractivity contribution in [3.05, 3.63) is 71.9 Å². The van der Waals surface area contributed by atoms with E-state index in [1.54, 1.807) is 37.4 Å². The lowest BCUT2D eigenvalue weighted by Crippen LogP contribution is -2.28. The number of nitrogens with two attached hydrogens (primary N) is 1. The quantitative estimate of drug-likeness (QED) is 0.482. The number of primary amides is 1. The first-order valence-corrected chi connectivity index (χ1v) is 10.8. The molecule has 2 aromatic heterocycles. The Hall–Kier alpha value is -4.20. The SMILES string of the molecule is CC(=O)N1CCCC1c1cc2[nH]c(-c3ccccn3)nc2cc1Oc1ccc(C(N)=O)cc1. The third-order valence-electron chi connectivity index (χ3n) is 5.90. The lowest BCUT2D eigenvalue weighted by atomic mass is 10.0. The summed E-state index contributed by atoms with van der Waals surface area (Å²) >= 11 is 0. The first-order chi connectivity index (χ1) is 16.0. The normalized spacial score (nSPS) is 15.7. The van der Waals surface area contributed by atoms with E-state index in [1.807, 2.05) is 35.2 Å². The zero-order chi connectivity index (χ0) is 22.9. The Kier molecular flexibility index (Phi) is 5.26. The maximum absolute atomic E-state index is 12.3. The Morgan fingerprint density at radius 2 is 1.97 bits per heavy atom. The van der Waals surface area contributed by atoms with Crippen LogP contribution in [-0.2, 0) is 4.79 Å². The van der Waals surface area contributed by atoms with Gasteiger partial charge in [0.2, 0.25) is 11.8 Å². The van der Waals surface area contributed by atoms with Gasteiger partial charge >= 0.3 is 0 Å². The molecule has 2 amide bonds. The van der Waals surface area contributed by atoms with Gasteiger partial charge in [-0.2, -0.15) is 0 Å². The van der Waals surface area contributed by atoms with E-state index in [1.165, 1.54) is 0 Å². The number of H-pyrrole nitrogens is 1. The fourth-order valence-corrected chi connectivity index (χ4v) is 4.31. The number of likely N-dealkylation sites (tertiary alicyclic amines) is 1. The molecular formula is C25H23N5O3. The maximum Gasteiger partial charge on any atom is 0.248 e. The fraction of sp³-hybridized carbons (Fsp3) is 0.200. The number of benzene rings is 2. The summed E-state index contributed by atoms with van der Waals surface area (Å²) in [5.74, 6) is 1.38. The van der Waals surface area contributed by atoms with Crippen LogP contribution >= 0.6 is 0 Å². The number of imidazole rings is 1. The highest BCUT2D eigenvalue weighted by atomic mass is 16.5. The van der Waals surface area contributed by atoms with Crippen molar-refractivity contribution >= 4 is 22.8 Å². The van der Waals surface area contributed by atoms with Crippen molar-refractivity contribution in [3.8, 4) is 23.0 Å². The molecule has 166 valence electrons. The number of aromatic amines is 1. The maximum atomic E-state index is 12.3. The number of nitrogens with one attached hydrogen (secondary N) is 1. The lowest BCUT2D eigenvalue weighted by Gasteiger charge is -2.25. The largest absolute Gasteiger partial charge is 0.457 e. The molecular weight excluding hydrogens is 418 g/mol. The van der Waals surface area contributed by atoms with Crippen LogP contribution in [-0.4, -0.2) is 38.2 Å². The second-order valence-corrected chi connectivity index (χ2v) is 8.07. The van der Waals surface area contributed by atoms with Crippen molar-refractivity contribution in [1.29, 1.82) is 0 Å². The molecule has 1 saturated heterocycles. The topological polar surface area (TPSA) is 114 Å². The Morgan fingerprint density at radius 3 is 2.67 bits per heavy atom. The van der Waals surface area contributed by atoms with Crippen LogP contribution in [0.2, 0.25) is 0 Å². The zero-order valence-electron chi connectivity index (χ0n) is 18.1. The van der Waals surface area contributed by atoms with Gasteiger partial charge in [-0.15, -0.1) is 0 Å². The molecule has 1 atom stereocenters. The van der Waals surface area contributed by atoms with E-state index >= 15 is 0 Å². The van der Waals surface area contributed by atoms with Crippen LogP contribution in [0.15, 0.2) is 60.8 Å². The molecule has 1 aliphatic rings. The van der Waals surface area contributed by atoms with Crippen molar-refractivity contribution in [2.45, 2.75) is 25.8 Å². The van der Waals surface area contributed by atoms with Gasteiger partial charge in [0, 0.05) is 36.9 Å². The zero-order valence-corrected chi connectivity index (χ0v) is 18.1. The molecule has 1 aliphatic heterocycles. The Labute approximate surface area is 190 Å². The number of amides is 2. The first-order valence-electron chi connectivity index (χ1n) is 10.8. The van der Waals surface area contributed by atoms with E-state index in [0.717, 1.165) is 35.1 Å². The second kappa shape index (κ2) is 8.38. The summed E-state index contributed by atoms with van der Waals surface area (Å²) in [4.78, 5) is 38.0. The van der Waals surface area contributed by atoms with Crippen molar-refractivity contribution in [2.75, 3.05) is 6.54 Å². The smallest absolute Gasteiger partial charge is 0.248 e. The average Bonchev–Trinajstić information content (AvgIpc) is 3.46. The Bertz CT molecular complexity index is 1330. The minimum atomic E-state index is -0.495. The third kappa shape index (κ3) is 4.03. The van der Waals surface area contributed by atoms with Gasteiger partial charge in [0.1, 0.15) is 17.2 Å². The number of pyridine rings is 1. The monoisotopic (exact) mass is 441 g/mol. The molecule has 0 bridgehead atoms. The van der Waals surface area contributed by atoms with Crippen LogP contribution in [0.5, 0.6) is 11.5 Å². The van der Waals surface area contributed by atoms with Crippen molar-refractivity contribution in [3.63, 3.8) is 0 Å². The Morgan fingerprint density at radius 1 is 1.15 bits per heavy atom. The van der Waals surface area contributed by atoms with E-state index in [0.29, 0.717) is 29.4 Å². The van der Waals surface area contributed by atoms with Crippen molar-refractivity contribution in [1.82, 2.24) is 19.9 Å². The van der Waals surface area contributed by atoms with E-state index in [9.17, 15) is 9.59 Å². The highest BCUT2D eigenvalue weighted by Gasteiger charge is 2.31. The van der Waals surface area contributed by atoms with Gasteiger partial charge in [-0.05, 0) is 55.3 Å². The standard InChI is InChI=1S/C25H23N5O3/c1-15(31)30-12-4-6-22(30)18-13-20-21(29-25(28-20)19-5-2-3-11-27-19)14-23(18)33-17-9-7-16(8-10-17)24(26)32/h2-3,5,7-11,13-14,22H,4,6,12H2,1H3,(H2,26,32)(H,28,29). The minimum absolute atomic E-state index is 0.0353. The number of ether oxygens (including phenoxy) is 1. The van der Waals surface area contributed by atoms with Crippen molar-refractivity contribution < 1.29 is 14.3 Å². The van der Waals surface area contributed by atoms with Gasteiger partial charge in [0.05, 0.1) is 17.1 Å². The van der Waals surface area contributed by atoms with Crippen LogP contribution < -0.4 is 10.5 Å². The molecule has 3 heterocycles. The molecule has 1 fully saturated rings. The summed E-state index contributed by atoms with van der Waals surface area (Å²) in [5.41, 5.74) is 8.98. The first kappa shape index (κ1) is 20.7. The fourth-order valence-electron chi connectivity index (χ4n) is 4.31. The van der Waals surface area contributed by atoms with Crippen LogP contribution in [0, 0.1) is 0 Å². The molecule has 8 heteroatoms. The van der Waals surface area contributed by atoms with Crippen LogP contribution in [0.4, 0.5) is 0 Å². The molecule has 2 aromatic carbocycles. The number of carbonyl (C=O) groups excluding carboxylic acids is 2. The van der Waals surface area contributed by atoms with E-state index in [4.69, 9.17) is 15.5 Å². The highest BCUT2D eigenvalue weighted by Crippen LogP contribution is 2.41. The molecule has 1 unspecified atom stereocenters. The summed E-state index contributed by atoms with van der Waals surface area (Å²) in [6.07, 6.45) is 3.50. The number of hydrogen-bond acceptors (Lipinski definition) is 5. The highest BCUT2D eigenvalue weighted by molar-refractivity contribution is 5.92. The molecule has 4 aromatic rings. The van der Waals surface area contributed by atoms with Crippen LogP contribution in [0.25, 0.3) is 22.6 Å². The molecule has 0 saturated carbocycles. The lowest BCUT2D eigenvalue weighted by molar-refractivity contribution is -0.129. The molecule has 0 spiro atoms. The number of nitrogens with zero attached hydrogens (tertiary/aromatic N) is 3. The molecule has 0 aliphatic carbocycles. The second-order valence-electron chi connectivity index (χ2n) is 8.07. The average molecular weight is 441 g/mol. The molecule has 33 heavy (non-hydrogen) atoms. The van der Waals surface area contributed by atoms with E-state index < -0.39 is 5.91 Å². The van der Waals surface area contributed by atoms with Gasteiger partial charge in [-0.25, -0.2) is 4.98 Å². The van der Waals surface area contributed by atoms with Gasteiger partial charge in [0.15, 0.2) is 5.82 Å². The summed E-state index contributed by atoms with van der Waals surface area (Å²) < 4.78 is 6.25. The van der Waals surface area contributed by atoms with Crippen molar-refractivity contribution in [2.24, 2.45) is 5.73 Å². The number of hydrogen-bond donors (Lipinski definition) is 2. The molecule has 5 rings (SSSR count). The minimum Gasteiger partial charge on any atom is -0.457 e. The number of aromatic nitrogens is 3. The van der Waals surface area contributed by atoms with Crippen LogP contribution in [0.1, 0.15) is 41.7 Å². The summed E-state index contributed by atoms with van der Waals surface area (Å²) in [5, 5.41) is 0. The summed E-state index contributed by atoms with van der Waals surface area (Å²) in [6.45, 7) is 2.31. The Balaban J connectivity index is 1.59.